The van der Waals surface area contributed by atoms with Crippen LogP contribution in [0.3, 0.4) is 0 Å². The van der Waals surface area contributed by atoms with Crippen LogP contribution in [0.15, 0.2) is 71.6 Å². The molecule has 1 N–H and O–H groups in total. The molecule has 0 fully saturated rings. The number of amides is 1. The van der Waals surface area contributed by atoms with Crippen LogP contribution in [0.1, 0.15) is 38.3 Å². The van der Waals surface area contributed by atoms with E-state index in [0.29, 0.717) is 36.0 Å². The average Bonchev–Trinajstić information content (AvgIpc) is 3.50. The molecule has 5 aromatic rings. The Morgan fingerprint density at radius 2 is 1.67 bits per heavy atom. The number of aryl methyl sites for hydroxylation is 3. The SMILES string of the molecule is Cc1cc(NC(=O)c2ccc(S(=O)(=O)N3CCc4ccccc4C3)cc2)n(-c2nc3cc(C)c(C)cc3s2)n1. The van der Waals surface area contributed by atoms with E-state index in [9.17, 15) is 13.2 Å². The van der Waals surface area contributed by atoms with Crippen LogP contribution in [0.4, 0.5) is 5.82 Å². The maximum Gasteiger partial charge on any atom is 0.256 e. The van der Waals surface area contributed by atoms with Gasteiger partial charge in [0.2, 0.25) is 15.2 Å². The van der Waals surface area contributed by atoms with Gasteiger partial charge in [-0.25, -0.2) is 13.4 Å². The Bertz CT molecular complexity index is 1800. The number of aromatic nitrogens is 3. The van der Waals surface area contributed by atoms with Crippen molar-refractivity contribution >= 4 is 43.3 Å². The van der Waals surface area contributed by atoms with Crippen LogP contribution in [0.2, 0.25) is 0 Å². The molecule has 8 nitrogen and oxygen atoms in total. The van der Waals surface area contributed by atoms with Crippen molar-refractivity contribution in [3.05, 3.63) is 100 Å². The number of nitrogens with zero attached hydrogens (tertiary/aromatic N) is 4. The fourth-order valence-electron chi connectivity index (χ4n) is 4.78. The molecule has 1 aliphatic heterocycles. The number of fused-ring (bicyclic) bond motifs is 2. The van der Waals surface area contributed by atoms with E-state index in [4.69, 9.17) is 4.98 Å². The molecule has 2 aromatic heterocycles. The smallest absolute Gasteiger partial charge is 0.256 e. The van der Waals surface area contributed by atoms with E-state index >= 15 is 0 Å². The maximum absolute atomic E-state index is 13.3. The standard InChI is InChI=1S/C29H27N5O3S2/c1-18-14-25-26(15-19(18)2)38-29(30-25)34-27(16-20(3)32-34)31-28(35)22-8-10-24(11-9-22)39(36,37)33-13-12-21-6-4-5-7-23(21)17-33/h4-11,14-16H,12-13,17H2,1-3H3,(H,31,35). The minimum absolute atomic E-state index is 0.166. The van der Waals surface area contributed by atoms with Gasteiger partial charge in [0.15, 0.2) is 0 Å². The van der Waals surface area contributed by atoms with Crippen LogP contribution in [-0.4, -0.2) is 39.9 Å². The van der Waals surface area contributed by atoms with Gasteiger partial charge in [-0.05, 0) is 85.8 Å². The number of anilines is 1. The second kappa shape index (κ2) is 9.71. The highest BCUT2D eigenvalue weighted by atomic mass is 32.2. The Morgan fingerprint density at radius 1 is 0.949 bits per heavy atom. The molecule has 10 heteroatoms. The zero-order valence-corrected chi connectivity index (χ0v) is 23.4. The number of thiazole rings is 1. The second-order valence-corrected chi connectivity index (χ2v) is 12.8. The van der Waals surface area contributed by atoms with Gasteiger partial charge >= 0.3 is 0 Å². The molecule has 1 amide bonds. The van der Waals surface area contributed by atoms with Gasteiger partial charge in [0.1, 0.15) is 5.82 Å². The molecule has 3 heterocycles. The maximum atomic E-state index is 13.3. The number of nitrogens with one attached hydrogen (secondary N) is 1. The minimum Gasteiger partial charge on any atom is -0.306 e. The topological polar surface area (TPSA) is 97.2 Å². The number of benzene rings is 3. The summed E-state index contributed by atoms with van der Waals surface area (Å²) in [6.45, 7) is 6.75. The number of hydrogen-bond acceptors (Lipinski definition) is 6. The Hall–Kier alpha value is -3.86. The molecule has 0 bridgehead atoms. The highest BCUT2D eigenvalue weighted by Crippen LogP contribution is 2.30. The molecule has 0 saturated heterocycles. The molecule has 0 saturated carbocycles. The number of carbonyl (C=O) groups is 1. The molecule has 3 aromatic carbocycles. The predicted octanol–water partition coefficient (Wildman–Crippen LogP) is 5.41. The zero-order valence-electron chi connectivity index (χ0n) is 21.8. The third-order valence-corrected chi connectivity index (χ3v) is 9.95. The summed E-state index contributed by atoms with van der Waals surface area (Å²) in [5.74, 6) is 0.133. The Morgan fingerprint density at radius 3 is 2.44 bits per heavy atom. The molecule has 6 rings (SSSR count). The summed E-state index contributed by atoms with van der Waals surface area (Å²) < 4.78 is 30.8. The lowest BCUT2D eigenvalue weighted by Gasteiger charge is -2.28. The molecule has 0 unspecified atom stereocenters. The fraction of sp³-hybridized carbons (Fsp3) is 0.207. The number of carbonyl (C=O) groups excluding carboxylic acids is 1. The first-order valence-corrected chi connectivity index (χ1v) is 14.9. The monoisotopic (exact) mass is 557 g/mol. The van der Waals surface area contributed by atoms with Crippen LogP contribution in [-0.2, 0) is 23.0 Å². The van der Waals surface area contributed by atoms with E-state index in [1.165, 1.54) is 56.6 Å². The van der Waals surface area contributed by atoms with E-state index in [1.807, 2.05) is 31.2 Å². The van der Waals surface area contributed by atoms with Crippen molar-refractivity contribution < 1.29 is 13.2 Å². The first kappa shape index (κ1) is 25.4. The Balaban J connectivity index is 1.22. The normalized spacial score (nSPS) is 13.9. The molecular formula is C29H27N5O3S2. The second-order valence-electron chi connectivity index (χ2n) is 9.82. The van der Waals surface area contributed by atoms with Crippen molar-refractivity contribution in [3.8, 4) is 5.13 Å². The van der Waals surface area contributed by atoms with Gasteiger partial charge in [-0.15, -0.1) is 0 Å². The van der Waals surface area contributed by atoms with E-state index in [1.54, 1.807) is 10.7 Å². The summed E-state index contributed by atoms with van der Waals surface area (Å²) >= 11 is 1.50. The predicted molar refractivity (Wildman–Crippen MR) is 153 cm³/mol. The Labute approximate surface area is 231 Å². The van der Waals surface area contributed by atoms with Crippen molar-refractivity contribution in [2.24, 2.45) is 0 Å². The molecule has 0 spiro atoms. The van der Waals surface area contributed by atoms with Crippen molar-refractivity contribution in [3.63, 3.8) is 0 Å². The Kier molecular flexibility index (Phi) is 6.33. The highest BCUT2D eigenvalue weighted by molar-refractivity contribution is 7.89. The highest BCUT2D eigenvalue weighted by Gasteiger charge is 2.28. The first-order valence-electron chi connectivity index (χ1n) is 12.6. The average molecular weight is 558 g/mol. The molecule has 39 heavy (non-hydrogen) atoms. The van der Waals surface area contributed by atoms with Gasteiger partial charge in [-0.2, -0.15) is 14.1 Å². The quantitative estimate of drug-likeness (QED) is 0.312. The van der Waals surface area contributed by atoms with Crippen LogP contribution < -0.4 is 5.32 Å². The van der Waals surface area contributed by atoms with Gasteiger partial charge in [-0.3, -0.25) is 4.79 Å². The van der Waals surface area contributed by atoms with Crippen LogP contribution >= 0.6 is 11.3 Å². The van der Waals surface area contributed by atoms with Crippen molar-refractivity contribution in [2.45, 2.75) is 38.6 Å². The van der Waals surface area contributed by atoms with Gasteiger partial charge in [0.25, 0.3) is 5.91 Å². The van der Waals surface area contributed by atoms with Crippen molar-refractivity contribution in [1.29, 1.82) is 0 Å². The van der Waals surface area contributed by atoms with E-state index < -0.39 is 10.0 Å². The van der Waals surface area contributed by atoms with Crippen LogP contribution in [0, 0.1) is 20.8 Å². The lowest BCUT2D eigenvalue weighted by molar-refractivity contribution is 0.102. The van der Waals surface area contributed by atoms with Gasteiger partial charge < -0.3 is 5.32 Å². The first-order chi connectivity index (χ1) is 18.7. The molecular weight excluding hydrogens is 530 g/mol. The third kappa shape index (κ3) is 4.75. The summed E-state index contributed by atoms with van der Waals surface area (Å²) in [5, 5.41) is 8.12. The lowest BCUT2D eigenvalue weighted by Crippen LogP contribution is -2.35. The van der Waals surface area contributed by atoms with Crippen molar-refractivity contribution in [1.82, 2.24) is 19.1 Å². The molecule has 198 valence electrons. The number of sulfonamides is 1. The van der Waals surface area contributed by atoms with Crippen LogP contribution in [0.25, 0.3) is 15.3 Å². The van der Waals surface area contributed by atoms with Crippen molar-refractivity contribution in [2.75, 3.05) is 11.9 Å². The molecule has 0 radical (unpaired) electrons. The summed E-state index contributed by atoms with van der Waals surface area (Å²) in [5.41, 5.74) is 6.53. The van der Waals surface area contributed by atoms with Crippen LogP contribution in [0.5, 0.6) is 0 Å². The number of rotatable bonds is 5. The van der Waals surface area contributed by atoms with E-state index in [2.05, 4.69) is 36.4 Å². The largest absolute Gasteiger partial charge is 0.306 e. The molecule has 1 aliphatic rings. The summed E-state index contributed by atoms with van der Waals surface area (Å²) in [7, 11) is -3.68. The van der Waals surface area contributed by atoms with E-state index in [-0.39, 0.29) is 10.8 Å². The summed E-state index contributed by atoms with van der Waals surface area (Å²) in [6.07, 6.45) is 0.677. The van der Waals surface area contributed by atoms with E-state index in [0.717, 1.165) is 21.5 Å². The lowest BCUT2D eigenvalue weighted by atomic mass is 10.0. The third-order valence-electron chi connectivity index (χ3n) is 7.10. The van der Waals surface area contributed by atoms with Gasteiger partial charge in [0.05, 0.1) is 20.8 Å². The van der Waals surface area contributed by atoms with Gasteiger partial charge in [0, 0.05) is 24.7 Å². The summed E-state index contributed by atoms with van der Waals surface area (Å²) in [6, 6.07) is 19.9. The van der Waals surface area contributed by atoms with Gasteiger partial charge in [-0.1, -0.05) is 35.6 Å². The minimum atomic E-state index is -3.68. The fourth-order valence-corrected chi connectivity index (χ4v) is 7.21. The molecule has 0 aliphatic carbocycles. The number of hydrogen-bond donors (Lipinski definition) is 1. The zero-order chi connectivity index (χ0) is 27.3. The molecule has 0 atom stereocenters. The summed E-state index contributed by atoms with van der Waals surface area (Å²) in [4.78, 5) is 18.0.